The maximum absolute atomic E-state index is 12.7. The predicted octanol–water partition coefficient (Wildman–Crippen LogP) is 2.01. The third kappa shape index (κ3) is 6.66. The lowest BCUT2D eigenvalue weighted by Gasteiger charge is -2.14. The number of carbonyl (C=O) groups excluding carboxylic acids is 2. The molecule has 2 aromatic carbocycles. The van der Waals surface area contributed by atoms with Gasteiger partial charge in [0, 0.05) is 19.2 Å². The molecule has 0 aromatic heterocycles. The molecule has 0 fully saturated rings. The van der Waals surface area contributed by atoms with Crippen LogP contribution in [-0.4, -0.2) is 47.3 Å². The first-order valence-electron chi connectivity index (χ1n) is 9.01. The molecular weight excluding hydrogens is 410 g/mol. The normalized spacial score (nSPS) is 10.8. The zero-order valence-corrected chi connectivity index (χ0v) is 18.1. The van der Waals surface area contributed by atoms with Crippen molar-refractivity contribution in [1.82, 2.24) is 5.32 Å². The van der Waals surface area contributed by atoms with Crippen LogP contribution in [0.15, 0.2) is 36.4 Å². The van der Waals surface area contributed by atoms with Gasteiger partial charge in [0.05, 0.1) is 31.7 Å². The molecule has 2 rings (SSSR count). The summed E-state index contributed by atoms with van der Waals surface area (Å²) >= 11 is 0. The van der Waals surface area contributed by atoms with Crippen molar-refractivity contribution in [2.24, 2.45) is 0 Å². The first-order chi connectivity index (χ1) is 14.1. The molecule has 0 unspecified atom stereocenters. The predicted molar refractivity (Wildman–Crippen MR) is 115 cm³/mol. The zero-order valence-electron chi connectivity index (χ0n) is 17.2. The zero-order chi connectivity index (χ0) is 22.3. The SMILES string of the molecule is COc1ccc(OC)c(CCNC(=O)c2cc(NC(C)=O)ccc2NS(C)(=O)=O)c1. The fraction of sp³-hybridized carbons (Fsp3) is 0.300. The Morgan fingerprint density at radius 1 is 1.03 bits per heavy atom. The van der Waals surface area contributed by atoms with Gasteiger partial charge in [-0.15, -0.1) is 0 Å². The number of benzene rings is 2. The number of nitrogens with one attached hydrogen (secondary N) is 3. The number of methoxy groups -OCH3 is 2. The smallest absolute Gasteiger partial charge is 0.253 e. The molecule has 162 valence electrons. The van der Waals surface area contributed by atoms with Crippen molar-refractivity contribution in [3.05, 3.63) is 47.5 Å². The van der Waals surface area contributed by atoms with E-state index in [4.69, 9.17) is 9.47 Å². The summed E-state index contributed by atoms with van der Waals surface area (Å²) in [4.78, 5) is 24.0. The van der Waals surface area contributed by atoms with Crippen molar-refractivity contribution in [1.29, 1.82) is 0 Å². The van der Waals surface area contributed by atoms with Crippen molar-refractivity contribution >= 4 is 33.2 Å². The molecule has 0 radical (unpaired) electrons. The Bertz CT molecular complexity index is 1040. The summed E-state index contributed by atoms with van der Waals surface area (Å²) < 4.78 is 36.1. The van der Waals surface area contributed by atoms with Gasteiger partial charge >= 0.3 is 0 Å². The first-order valence-corrected chi connectivity index (χ1v) is 10.9. The van der Waals surface area contributed by atoms with E-state index in [0.29, 0.717) is 23.6 Å². The van der Waals surface area contributed by atoms with Crippen LogP contribution in [0.3, 0.4) is 0 Å². The van der Waals surface area contributed by atoms with E-state index in [1.165, 1.54) is 25.1 Å². The van der Waals surface area contributed by atoms with E-state index in [-0.39, 0.29) is 23.7 Å². The summed E-state index contributed by atoms with van der Waals surface area (Å²) in [6, 6.07) is 9.72. The highest BCUT2D eigenvalue weighted by atomic mass is 32.2. The maximum Gasteiger partial charge on any atom is 0.253 e. The maximum atomic E-state index is 12.7. The molecule has 30 heavy (non-hydrogen) atoms. The summed E-state index contributed by atoms with van der Waals surface area (Å²) in [5, 5.41) is 5.33. The molecule has 0 atom stereocenters. The molecule has 2 amide bonds. The first kappa shape index (κ1) is 23.0. The lowest BCUT2D eigenvalue weighted by molar-refractivity contribution is -0.114. The standard InChI is InChI=1S/C20H25N3O6S/c1-13(24)22-15-5-7-18(23-30(4,26)27)17(12-15)20(25)21-10-9-14-11-16(28-2)6-8-19(14)29-3/h5-8,11-12,23H,9-10H2,1-4H3,(H,21,25)(H,22,24). The molecule has 0 aliphatic rings. The van der Waals surface area contributed by atoms with Crippen LogP contribution in [0.1, 0.15) is 22.8 Å². The Morgan fingerprint density at radius 3 is 2.37 bits per heavy atom. The minimum atomic E-state index is -3.60. The summed E-state index contributed by atoms with van der Waals surface area (Å²) in [5.41, 5.74) is 1.42. The molecule has 0 aliphatic heterocycles. The molecule has 0 saturated carbocycles. The van der Waals surface area contributed by atoms with Gasteiger partial charge in [-0.3, -0.25) is 14.3 Å². The molecule has 0 heterocycles. The second-order valence-corrected chi connectivity index (χ2v) is 8.25. The van der Waals surface area contributed by atoms with Crippen molar-refractivity contribution in [2.75, 3.05) is 37.1 Å². The minimum absolute atomic E-state index is 0.0873. The number of amides is 2. The Morgan fingerprint density at radius 2 is 1.77 bits per heavy atom. The summed E-state index contributed by atoms with van der Waals surface area (Å²) in [7, 11) is -0.480. The van der Waals surface area contributed by atoms with E-state index >= 15 is 0 Å². The monoisotopic (exact) mass is 435 g/mol. The van der Waals surface area contributed by atoms with E-state index < -0.39 is 15.9 Å². The molecular formula is C20H25N3O6S. The van der Waals surface area contributed by atoms with Crippen LogP contribution in [0.2, 0.25) is 0 Å². The number of rotatable bonds is 9. The van der Waals surface area contributed by atoms with E-state index in [9.17, 15) is 18.0 Å². The van der Waals surface area contributed by atoms with E-state index in [1.54, 1.807) is 26.4 Å². The number of anilines is 2. The highest BCUT2D eigenvalue weighted by Gasteiger charge is 2.16. The van der Waals surface area contributed by atoms with Gasteiger partial charge < -0.3 is 20.1 Å². The summed E-state index contributed by atoms with van der Waals surface area (Å²) in [5.74, 6) is 0.530. The Labute approximate surface area is 175 Å². The summed E-state index contributed by atoms with van der Waals surface area (Å²) in [6.45, 7) is 1.61. The van der Waals surface area contributed by atoms with Gasteiger partial charge in [-0.2, -0.15) is 0 Å². The highest BCUT2D eigenvalue weighted by molar-refractivity contribution is 7.92. The van der Waals surface area contributed by atoms with Crippen LogP contribution in [0, 0.1) is 0 Å². The average molecular weight is 436 g/mol. The largest absolute Gasteiger partial charge is 0.497 e. The number of ether oxygens (including phenoxy) is 2. The minimum Gasteiger partial charge on any atom is -0.497 e. The third-order valence-electron chi connectivity index (χ3n) is 4.05. The Hall–Kier alpha value is -3.27. The van der Waals surface area contributed by atoms with Gasteiger partial charge in [-0.25, -0.2) is 8.42 Å². The Balaban J connectivity index is 2.19. The van der Waals surface area contributed by atoms with Gasteiger partial charge in [-0.1, -0.05) is 0 Å². The van der Waals surface area contributed by atoms with Crippen LogP contribution in [-0.2, 0) is 21.2 Å². The summed E-state index contributed by atoms with van der Waals surface area (Å²) in [6.07, 6.45) is 1.46. The van der Waals surface area contributed by atoms with Crippen LogP contribution >= 0.6 is 0 Å². The molecule has 2 aromatic rings. The second-order valence-electron chi connectivity index (χ2n) is 6.50. The van der Waals surface area contributed by atoms with Gasteiger partial charge in [0.1, 0.15) is 11.5 Å². The second kappa shape index (κ2) is 9.97. The van der Waals surface area contributed by atoms with Crippen molar-refractivity contribution in [3.63, 3.8) is 0 Å². The van der Waals surface area contributed by atoms with E-state index in [2.05, 4.69) is 15.4 Å². The average Bonchev–Trinajstić information content (AvgIpc) is 2.67. The fourth-order valence-corrected chi connectivity index (χ4v) is 3.36. The van der Waals surface area contributed by atoms with Crippen molar-refractivity contribution < 1.29 is 27.5 Å². The number of sulfonamides is 1. The van der Waals surface area contributed by atoms with Crippen molar-refractivity contribution in [3.8, 4) is 11.5 Å². The van der Waals surface area contributed by atoms with Crippen LogP contribution in [0.4, 0.5) is 11.4 Å². The lowest BCUT2D eigenvalue weighted by atomic mass is 10.1. The quantitative estimate of drug-likeness (QED) is 0.554. The number of hydrogen-bond donors (Lipinski definition) is 3. The molecule has 0 saturated heterocycles. The van der Waals surface area contributed by atoms with E-state index in [1.807, 2.05) is 6.07 Å². The molecule has 9 nitrogen and oxygen atoms in total. The molecule has 10 heteroatoms. The van der Waals surface area contributed by atoms with Gasteiger partial charge in [-0.05, 0) is 48.4 Å². The molecule has 3 N–H and O–H groups in total. The van der Waals surface area contributed by atoms with Crippen LogP contribution < -0.4 is 24.8 Å². The van der Waals surface area contributed by atoms with Gasteiger partial charge in [0.15, 0.2) is 0 Å². The highest BCUT2D eigenvalue weighted by Crippen LogP contribution is 2.25. The fourth-order valence-electron chi connectivity index (χ4n) is 2.79. The van der Waals surface area contributed by atoms with Crippen molar-refractivity contribution in [2.45, 2.75) is 13.3 Å². The van der Waals surface area contributed by atoms with Crippen LogP contribution in [0.25, 0.3) is 0 Å². The third-order valence-corrected chi connectivity index (χ3v) is 4.64. The van der Waals surface area contributed by atoms with E-state index in [0.717, 1.165) is 11.8 Å². The lowest BCUT2D eigenvalue weighted by Crippen LogP contribution is -2.27. The number of carbonyl (C=O) groups is 2. The molecule has 0 bridgehead atoms. The Kier molecular flexibility index (Phi) is 7.65. The van der Waals surface area contributed by atoms with Gasteiger partial charge in [0.25, 0.3) is 5.91 Å². The number of hydrogen-bond acceptors (Lipinski definition) is 6. The van der Waals surface area contributed by atoms with Gasteiger partial charge in [0.2, 0.25) is 15.9 Å². The van der Waals surface area contributed by atoms with Crippen LogP contribution in [0.5, 0.6) is 11.5 Å². The molecule has 0 spiro atoms. The molecule has 0 aliphatic carbocycles. The topological polar surface area (TPSA) is 123 Å².